The third kappa shape index (κ3) is 2.77. The topological polar surface area (TPSA) is 101 Å². The van der Waals surface area contributed by atoms with Crippen molar-refractivity contribution in [2.75, 3.05) is 23.8 Å². The van der Waals surface area contributed by atoms with Gasteiger partial charge in [0.1, 0.15) is 5.69 Å². The molecule has 0 aliphatic carbocycles. The lowest BCUT2D eigenvalue weighted by atomic mass is 10.1. The summed E-state index contributed by atoms with van der Waals surface area (Å²) in [6.45, 7) is 4.26. The SMILES string of the molecule is CCc1c(-c2nc3cc4c(cc3[nH]c2=O)NCN4)c2ccccc2n1CCCN. The molecule has 29 heavy (non-hydrogen) atoms. The maximum atomic E-state index is 13.1. The summed E-state index contributed by atoms with van der Waals surface area (Å²) in [5.74, 6) is 0. The second-order valence-electron chi connectivity index (χ2n) is 7.35. The first kappa shape index (κ1) is 17.8. The van der Waals surface area contributed by atoms with E-state index >= 15 is 0 Å². The number of hydrogen-bond acceptors (Lipinski definition) is 5. The lowest BCUT2D eigenvalue weighted by Gasteiger charge is -2.10. The Morgan fingerprint density at radius 3 is 2.76 bits per heavy atom. The van der Waals surface area contributed by atoms with Gasteiger partial charge in [-0.05, 0) is 37.6 Å². The van der Waals surface area contributed by atoms with Crippen LogP contribution in [0.3, 0.4) is 0 Å². The molecule has 0 radical (unpaired) electrons. The average Bonchev–Trinajstić information content (AvgIpc) is 3.31. The zero-order valence-electron chi connectivity index (χ0n) is 16.4. The Labute approximate surface area is 167 Å². The quantitative estimate of drug-likeness (QED) is 0.420. The Hall–Kier alpha value is -3.32. The summed E-state index contributed by atoms with van der Waals surface area (Å²) >= 11 is 0. The molecular weight excluding hydrogens is 364 g/mol. The van der Waals surface area contributed by atoms with E-state index < -0.39 is 0 Å². The first-order valence-corrected chi connectivity index (χ1v) is 10.1. The third-order valence-corrected chi connectivity index (χ3v) is 5.63. The van der Waals surface area contributed by atoms with Gasteiger partial charge in [-0.3, -0.25) is 4.79 Å². The number of H-pyrrole nitrogens is 1. The van der Waals surface area contributed by atoms with E-state index in [0.29, 0.717) is 18.9 Å². The number of para-hydroxylation sites is 1. The molecule has 0 bridgehead atoms. The Bertz CT molecular complexity index is 1290. The summed E-state index contributed by atoms with van der Waals surface area (Å²) in [6.07, 6.45) is 1.70. The van der Waals surface area contributed by atoms with Crippen molar-refractivity contribution < 1.29 is 0 Å². The highest BCUT2D eigenvalue weighted by atomic mass is 16.1. The number of nitrogens with zero attached hydrogens (tertiary/aromatic N) is 2. The highest BCUT2D eigenvalue weighted by molar-refractivity contribution is 5.98. The van der Waals surface area contributed by atoms with Gasteiger partial charge in [-0.15, -0.1) is 0 Å². The molecule has 7 nitrogen and oxygen atoms in total. The second-order valence-corrected chi connectivity index (χ2v) is 7.35. The number of hydrogen-bond donors (Lipinski definition) is 4. The molecule has 2 aromatic carbocycles. The van der Waals surface area contributed by atoms with Gasteiger partial charge in [0.25, 0.3) is 5.56 Å². The van der Waals surface area contributed by atoms with E-state index in [-0.39, 0.29) is 5.56 Å². The van der Waals surface area contributed by atoms with E-state index in [9.17, 15) is 4.79 Å². The fraction of sp³-hybridized carbons (Fsp3) is 0.273. The molecule has 1 aliphatic rings. The van der Waals surface area contributed by atoms with Gasteiger partial charge in [0, 0.05) is 28.7 Å². The molecule has 0 amide bonds. The van der Waals surface area contributed by atoms with Crippen molar-refractivity contribution >= 4 is 33.3 Å². The van der Waals surface area contributed by atoms with Gasteiger partial charge in [-0.1, -0.05) is 25.1 Å². The van der Waals surface area contributed by atoms with Crippen molar-refractivity contribution in [3.8, 4) is 11.3 Å². The smallest absolute Gasteiger partial charge is 0.275 e. The summed E-state index contributed by atoms with van der Waals surface area (Å²) in [7, 11) is 0. The molecule has 148 valence electrons. The zero-order chi connectivity index (χ0) is 20.0. The Balaban J connectivity index is 1.79. The maximum absolute atomic E-state index is 13.1. The van der Waals surface area contributed by atoms with Gasteiger partial charge in [-0.2, -0.15) is 0 Å². The number of nitrogens with two attached hydrogens (primary N) is 1. The molecule has 5 rings (SSSR count). The van der Waals surface area contributed by atoms with E-state index in [1.165, 1.54) is 0 Å². The number of fused-ring (bicyclic) bond motifs is 3. The van der Waals surface area contributed by atoms with Crippen LogP contribution in [0.15, 0.2) is 41.2 Å². The number of aryl methyl sites for hydroxylation is 1. The molecule has 0 unspecified atom stereocenters. The number of benzene rings is 2. The van der Waals surface area contributed by atoms with Gasteiger partial charge >= 0.3 is 0 Å². The third-order valence-electron chi connectivity index (χ3n) is 5.63. The summed E-state index contributed by atoms with van der Waals surface area (Å²) in [5.41, 5.74) is 12.7. The lowest BCUT2D eigenvalue weighted by molar-refractivity contribution is 0.647. The molecule has 4 aromatic rings. The average molecular weight is 388 g/mol. The highest BCUT2D eigenvalue weighted by Crippen LogP contribution is 2.35. The molecule has 0 fully saturated rings. The molecule has 7 heteroatoms. The van der Waals surface area contributed by atoms with Crippen molar-refractivity contribution in [2.24, 2.45) is 5.73 Å². The zero-order valence-corrected chi connectivity index (χ0v) is 16.4. The summed E-state index contributed by atoms with van der Waals surface area (Å²) in [4.78, 5) is 21.0. The van der Waals surface area contributed by atoms with Crippen LogP contribution >= 0.6 is 0 Å². The largest absolute Gasteiger partial charge is 0.366 e. The van der Waals surface area contributed by atoms with Crippen LogP contribution in [0.2, 0.25) is 0 Å². The fourth-order valence-electron chi connectivity index (χ4n) is 4.32. The van der Waals surface area contributed by atoms with Crippen LogP contribution in [0.5, 0.6) is 0 Å². The second kappa shape index (κ2) is 6.93. The Morgan fingerprint density at radius 1 is 1.17 bits per heavy atom. The normalized spacial score (nSPS) is 12.9. The number of aromatic nitrogens is 3. The van der Waals surface area contributed by atoms with Gasteiger partial charge in [0.05, 0.1) is 29.1 Å². The number of nitrogens with one attached hydrogen (secondary N) is 3. The van der Waals surface area contributed by atoms with Crippen molar-refractivity contribution in [3.05, 3.63) is 52.4 Å². The molecule has 0 atom stereocenters. The summed E-state index contributed by atoms with van der Waals surface area (Å²) in [5, 5.41) is 7.59. The van der Waals surface area contributed by atoms with Crippen LogP contribution in [-0.4, -0.2) is 27.7 Å². The molecule has 3 heterocycles. The van der Waals surface area contributed by atoms with Crippen LogP contribution in [0.4, 0.5) is 11.4 Å². The molecule has 1 aliphatic heterocycles. The minimum atomic E-state index is -0.167. The van der Waals surface area contributed by atoms with Crippen LogP contribution in [0.1, 0.15) is 19.0 Å². The minimum Gasteiger partial charge on any atom is -0.366 e. The van der Waals surface area contributed by atoms with E-state index in [2.05, 4.69) is 39.2 Å². The van der Waals surface area contributed by atoms with Gasteiger partial charge < -0.3 is 25.9 Å². The summed E-state index contributed by atoms with van der Waals surface area (Å²) in [6, 6.07) is 12.1. The highest BCUT2D eigenvalue weighted by Gasteiger charge is 2.21. The number of anilines is 2. The van der Waals surface area contributed by atoms with Gasteiger partial charge in [-0.25, -0.2) is 4.98 Å². The number of rotatable bonds is 5. The number of aromatic amines is 1. The van der Waals surface area contributed by atoms with E-state index in [1.807, 2.05) is 24.3 Å². The van der Waals surface area contributed by atoms with Gasteiger partial charge in [0.2, 0.25) is 0 Å². The van der Waals surface area contributed by atoms with E-state index in [0.717, 1.165) is 64.0 Å². The van der Waals surface area contributed by atoms with Crippen LogP contribution in [-0.2, 0) is 13.0 Å². The van der Waals surface area contributed by atoms with E-state index in [4.69, 9.17) is 10.7 Å². The van der Waals surface area contributed by atoms with Crippen LogP contribution < -0.4 is 21.9 Å². The molecule has 0 saturated carbocycles. The first-order valence-electron chi connectivity index (χ1n) is 10.1. The molecule has 0 saturated heterocycles. The van der Waals surface area contributed by atoms with Crippen molar-refractivity contribution in [1.29, 1.82) is 0 Å². The van der Waals surface area contributed by atoms with E-state index in [1.54, 1.807) is 0 Å². The molecule has 5 N–H and O–H groups in total. The van der Waals surface area contributed by atoms with Crippen molar-refractivity contribution in [2.45, 2.75) is 26.3 Å². The van der Waals surface area contributed by atoms with Crippen molar-refractivity contribution in [1.82, 2.24) is 14.5 Å². The monoisotopic (exact) mass is 388 g/mol. The van der Waals surface area contributed by atoms with Gasteiger partial charge in [0.15, 0.2) is 0 Å². The first-order chi connectivity index (χ1) is 14.2. The maximum Gasteiger partial charge on any atom is 0.275 e. The standard InChI is InChI=1S/C22H24N6O/c1-2-18-20(13-6-3-4-7-19(13)28(18)9-5-8-23)21-22(29)27-17-11-15-14(24-12-25-15)10-16(17)26-21/h3-4,6-7,10-11,24-25H,2,5,8-9,12,23H2,1H3,(H,27,29). The van der Waals surface area contributed by atoms with Crippen LogP contribution in [0.25, 0.3) is 33.2 Å². The minimum absolute atomic E-state index is 0.167. The summed E-state index contributed by atoms with van der Waals surface area (Å²) < 4.78 is 2.29. The fourth-order valence-corrected chi connectivity index (χ4v) is 4.32. The Morgan fingerprint density at radius 2 is 1.97 bits per heavy atom. The van der Waals surface area contributed by atoms with Crippen molar-refractivity contribution in [3.63, 3.8) is 0 Å². The predicted molar refractivity (Wildman–Crippen MR) is 118 cm³/mol. The Kier molecular flexibility index (Phi) is 4.24. The predicted octanol–water partition coefficient (Wildman–Crippen LogP) is 3.25. The molecule has 0 spiro atoms. The molecular formula is C22H24N6O. The lowest BCUT2D eigenvalue weighted by Crippen LogP contribution is -2.13. The van der Waals surface area contributed by atoms with Crippen LogP contribution in [0, 0.1) is 0 Å². The molecule has 2 aromatic heterocycles.